The van der Waals surface area contributed by atoms with E-state index in [4.69, 9.17) is 0 Å². The SMILES string of the molecule is Sc1c(S)c(S)c2cc3cc4ccccc4cc3cc2c1S. The minimum Gasteiger partial charge on any atom is -0.142 e. The monoisotopic (exact) mass is 356 g/mol. The lowest BCUT2D eigenvalue weighted by Gasteiger charge is -2.13. The lowest BCUT2D eigenvalue weighted by molar-refractivity contribution is 1.10. The number of fused-ring (bicyclic) bond motifs is 3. The molecule has 0 aliphatic heterocycles. The molecule has 0 saturated carbocycles. The summed E-state index contributed by atoms with van der Waals surface area (Å²) in [7, 11) is 0. The van der Waals surface area contributed by atoms with Gasteiger partial charge in [0, 0.05) is 19.6 Å². The van der Waals surface area contributed by atoms with E-state index in [2.05, 4.69) is 99.0 Å². The standard InChI is InChI=1S/C18H12S4/c19-15-13-7-11-5-9-3-1-2-4-10(9)6-12(11)8-14(13)16(20)18(22)17(15)21/h1-8,19-22H. The summed E-state index contributed by atoms with van der Waals surface area (Å²) in [6, 6.07) is 17.1. The van der Waals surface area contributed by atoms with Crippen LogP contribution in [0.2, 0.25) is 0 Å². The Morgan fingerprint density at radius 1 is 0.455 bits per heavy atom. The number of hydrogen-bond acceptors (Lipinski definition) is 4. The number of thiol groups is 4. The van der Waals surface area contributed by atoms with E-state index in [-0.39, 0.29) is 0 Å². The molecule has 4 aromatic carbocycles. The second-order valence-corrected chi connectivity index (χ2v) is 7.13. The Balaban J connectivity index is 2.21. The Hall–Kier alpha value is -0.940. The van der Waals surface area contributed by atoms with Gasteiger partial charge in [-0.1, -0.05) is 24.3 Å². The van der Waals surface area contributed by atoms with Crippen LogP contribution in [0, 0.1) is 0 Å². The molecule has 0 aromatic heterocycles. The second kappa shape index (κ2) is 5.31. The van der Waals surface area contributed by atoms with Crippen LogP contribution >= 0.6 is 50.5 Å². The smallest absolute Gasteiger partial charge is 0.0326 e. The second-order valence-electron chi connectivity index (χ2n) is 5.34. The molecular formula is C18H12S4. The average Bonchev–Trinajstić information content (AvgIpc) is 2.55. The fraction of sp³-hybridized carbons (Fsp3) is 0. The lowest BCUT2D eigenvalue weighted by Crippen LogP contribution is -1.86. The van der Waals surface area contributed by atoms with Crippen LogP contribution in [0.3, 0.4) is 0 Å². The van der Waals surface area contributed by atoms with Crippen molar-refractivity contribution in [2.45, 2.75) is 19.6 Å². The highest BCUT2D eigenvalue weighted by Crippen LogP contribution is 2.41. The quantitative estimate of drug-likeness (QED) is 0.206. The van der Waals surface area contributed by atoms with Gasteiger partial charge in [-0.05, 0) is 56.6 Å². The topological polar surface area (TPSA) is 0 Å². The third kappa shape index (κ3) is 2.13. The molecule has 108 valence electrons. The molecule has 0 nitrogen and oxygen atoms in total. The molecule has 4 rings (SSSR count). The van der Waals surface area contributed by atoms with Gasteiger partial charge in [0.2, 0.25) is 0 Å². The molecule has 4 aromatic rings. The van der Waals surface area contributed by atoms with Crippen molar-refractivity contribution in [2.24, 2.45) is 0 Å². The highest BCUT2D eigenvalue weighted by atomic mass is 32.1. The van der Waals surface area contributed by atoms with Crippen LogP contribution in [0.4, 0.5) is 0 Å². The van der Waals surface area contributed by atoms with Gasteiger partial charge in [-0.3, -0.25) is 0 Å². The van der Waals surface area contributed by atoms with Crippen molar-refractivity contribution < 1.29 is 0 Å². The molecule has 0 saturated heterocycles. The van der Waals surface area contributed by atoms with Crippen molar-refractivity contribution >= 4 is 82.8 Å². The fourth-order valence-corrected chi connectivity index (χ4v) is 4.10. The van der Waals surface area contributed by atoms with Gasteiger partial charge in [-0.25, -0.2) is 0 Å². The van der Waals surface area contributed by atoms with Gasteiger partial charge in [-0.15, -0.1) is 50.5 Å². The predicted molar refractivity (Wildman–Crippen MR) is 108 cm³/mol. The number of rotatable bonds is 0. The van der Waals surface area contributed by atoms with Crippen LogP contribution in [0.1, 0.15) is 0 Å². The normalized spacial score (nSPS) is 11.6. The summed E-state index contributed by atoms with van der Waals surface area (Å²) in [5.74, 6) is 0. The lowest BCUT2D eigenvalue weighted by atomic mass is 9.99. The molecule has 0 fully saturated rings. The first kappa shape index (κ1) is 14.6. The zero-order chi connectivity index (χ0) is 15.4. The predicted octanol–water partition coefficient (Wildman–Crippen LogP) is 6.30. The number of hydrogen-bond donors (Lipinski definition) is 4. The molecule has 0 N–H and O–H groups in total. The van der Waals surface area contributed by atoms with Gasteiger partial charge in [0.25, 0.3) is 0 Å². The minimum absolute atomic E-state index is 0.768. The maximum absolute atomic E-state index is 4.62. The molecule has 0 atom stereocenters. The van der Waals surface area contributed by atoms with E-state index >= 15 is 0 Å². The Labute approximate surface area is 150 Å². The third-order valence-corrected chi connectivity index (χ3v) is 6.38. The van der Waals surface area contributed by atoms with Crippen molar-refractivity contribution in [3.8, 4) is 0 Å². The first-order valence-electron chi connectivity index (χ1n) is 6.78. The Kier molecular flexibility index (Phi) is 3.53. The maximum atomic E-state index is 4.62. The summed E-state index contributed by atoms with van der Waals surface area (Å²) >= 11 is 18.3. The Morgan fingerprint density at radius 3 is 1.27 bits per heavy atom. The minimum atomic E-state index is 0.768. The largest absolute Gasteiger partial charge is 0.142 e. The molecular weight excluding hydrogens is 344 g/mol. The van der Waals surface area contributed by atoms with E-state index in [1.807, 2.05) is 0 Å². The van der Waals surface area contributed by atoms with Crippen molar-refractivity contribution in [3.63, 3.8) is 0 Å². The summed E-state index contributed by atoms with van der Waals surface area (Å²) in [5, 5.41) is 6.96. The molecule has 0 unspecified atom stereocenters. The molecule has 22 heavy (non-hydrogen) atoms. The molecule has 0 radical (unpaired) electrons. The van der Waals surface area contributed by atoms with E-state index in [0.29, 0.717) is 0 Å². The van der Waals surface area contributed by atoms with E-state index < -0.39 is 0 Å². The van der Waals surface area contributed by atoms with Gasteiger partial charge in [0.05, 0.1) is 0 Å². The maximum Gasteiger partial charge on any atom is 0.0326 e. The van der Waals surface area contributed by atoms with E-state index in [1.165, 1.54) is 21.5 Å². The van der Waals surface area contributed by atoms with E-state index in [9.17, 15) is 0 Å². The van der Waals surface area contributed by atoms with Crippen LogP contribution in [-0.2, 0) is 0 Å². The van der Waals surface area contributed by atoms with Crippen molar-refractivity contribution in [3.05, 3.63) is 48.5 Å². The van der Waals surface area contributed by atoms with Gasteiger partial charge >= 0.3 is 0 Å². The van der Waals surface area contributed by atoms with E-state index in [0.717, 1.165) is 30.4 Å². The third-order valence-electron chi connectivity index (χ3n) is 4.02. The zero-order valence-corrected chi connectivity index (χ0v) is 15.0. The molecule has 4 heteroatoms. The van der Waals surface area contributed by atoms with Crippen molar-refractivity contribution in [1.82, 2.24) is 0 Å². The molecule has 0 aliphatic rings. The van der Waals surface area contributed by atoms with Crippen molar-refractivity contribution in [2.75, 3.05) is 0 Å². The molecule has 0 bridgehead atoms. The summed E-state index contributed by atoms with van der Waals surface area (Å²) < 4.78 is 0. The first-order valence-corrected chi connectivity index (χ1v) is 8.57. The highest BCUT2D eigenvalue weighted by Gasteiger charge is 2.12. The van der Waals surface area contributed by atoms with E-state index in [1.54, 1.807) is 0 Å². The fourth-order valence-electron chi connectivity index (χ4n) is 2.86. The summed E-state index contributed by atoms with van der Waals surface area (Å²) in [4.78, 5) is 3.22. The number of benzene rings is 4. The Bertz CT molecular complexity index is 982. The van der Waals surface area contributed by atoms with Crippen LogP contribution < -0.4 is 0 Å². The van der Waals surface area contributed by atoms with Crippen LogP contribution in [0.25, 0.3) is 32.3 Å². The summed E-state index contributed by atoms with van der Waals surface area (Å²) in [6.45, 7) is 0. The van der Waals surface area contributed by atoms with Gasteiger partial charge in [0.1, 0.15) is 0 Å². The van der Waals surface area contributed by atoms with Crippen LogP contribution in [0.5, 0.6) is 0 Å². The average molecular weight is 357 g/mol. The summed E-state index contributed by atoms with van der Waals surface area (Å²) in [5.41, 5.74) is 0. The van der Waals surface area contributed by atoms with Gasteiger partial charge in [-0.2, -0.15) is 0 Å². The zero-order valence-electron chi connectivity index (χ0n) is 11.4. The molecule has 0 aliphatic carbocycles. The molecule has 0 spiro atoms. The molecule has 0 heterocycles. The van der Waals surface area contributed by atoms with Crippen molar-refractivity contribution in [1.29, 1.82) is 0 Å². The highest BCUT2D eigenvalue weighted by molar-refractivity contribution is 7.86. The van der Waals surface area contributed by atoms with Gasteiger partial charge < -0.3 is 0 Å². The van der Waals surface area contributed by atoms with Crippen LogP contribution in [-0.4, -0.2) is 0 Å². The Morgan fingerprint density at radius 2 is 0.864 bits per heavy atom. The summed E-state index contributed by atoms with van der Waals surface area (Å²) in [6.07, 6.45) is 0. The molecule has 0 amide bonds. The first-order chi connectivity index (χ1) is 10.6. The van der Waals surface area contributed by atoms with Crippen LogP contribution in [0.15, 0.2) is 68.1 Å². The van der Waals surface area contributed by atoms with Gasteiger partial charge in [0.15, 0.2) is 0 Å².